The van der Waals surface area contributed by atoms with Gasteiger partial charge < -0.3 is 11.1 Å². The fourth-order valence-corrected chi connectivity index (χ4v) is 1.57. The number of rotatable bonds is 3. The van der Waals surface area contributed by atoms with E-state index in [-0.39, 0.29) is 18.2 Å². The topological polar surface area (TPSA) is 68.0 Å². The van der Waals surface area contributed by atoms with Crippen molar-refractivity contribution in [3.63, 3.8) is 0 Å². The Balaban J connectivity index is 2.18. The van der Waals surface area contributed by atoms with Crippen molar-refractivity contribution in [2.45, 2.75) is 6.42 Å². The molecule has 1 aromatic carbocycles. The summed E-state index contributed by atoms with van der Waals surface area (Å²) in [6, 6.07) is 2.98. The number of nitrogens with two attached hydrogens (primary N) is 1. The smallest absolute Gasteiger partial charge is 0.230 e. The second-order valence-corrected chi connectivity index (χ2v) is 4.15. The molecule has 0 saturated carbocycles. The Kier molecular flexibility index (Phi) is 4.06. The number of benzene rings is 1. The van der Waals surface area contributed by atoms with E-state index in [4.69, 9.17) is 5.73 Å². The molecule has 2 rings (SSSR count). The van der Waals surface area contributed by atoms with Crippen molar-refractivity contribution in [2.75, 3.05) is 11.1 Å². The average molecular weight is 299 g/mol. The Hall–Kier alpha value is -2.64. The highest BCUT2D eigenvalue weighted by molar-refractivity contribution is 5.92. The highest BCUT2D eigenvalue weighted by Gasteiger charge is 2.21. The molecular formula is C13H9F4N3O. The summed E-state index contributed by atoms with van der Waals surface area (Å²) in [7, 11) is 0. The first-order valence-corrected chi connectivity index (χ1v) is 5.71. The van der Waals surface area contributed by atoms with Gasteiger partial charge in [0.2, 0.25) is 5.91 Å². The van der Waals surface area contributed by atoms with Crippen molar-refractivity contribution in [1.82, 2.24) is 4.98 Å². The quantitative estimate of drug-likeness (QED) is 0.675. The number of hydrogen-bond acceptors (Lipinski definition) is 3. The van der Waals surface area contributed by atoms with E-state index in [1.165, 1.54) is 18.3 Å². The average Bonchev–Trinajstić information content (AvgIpc) is 2.44. The summed E-state index contributed by atoms with van der Waals surface area (Å²) >= 11 is 0. The van der Waals surface area contributed by atoms with Gasteiger partial charge in [-0.2, -0.15) is 0 Å². The van der Waals surface area contributed by atoms with Crippen LogP contribution in [0.25, 0.3) is 0 Å². The molecule has 0 saturated heterocycles. The normalized spacial score (nSPS) is 10.5. The molecule has 1 aromatic heterocycles. The fraction of sp³-hybridized carbons (Fsp3) is 0.0769. The molecular weight excluding hydrogens is 290 g/mol. The van der Waals surface area contributed by atoms with Gasteiger partial charge in [0.25, 0.3) is 0 Å². The van der Waals surface area contributed by atoms with Crippen molar-refractivity contribution < 1.29 is 22.4 Å². The van der Waals surface area contributed by atoms with E-state index in [2.05, 4.69) is 4.98 Å². The van der Waals surface area contributed by atoms with E-state index in [1.807, 2.05) is 0 Å². The molecule has 0 spiro atoms. The number of nitrogen functional groups attached to an aromatic ring is 1. The minimum absolute atomic E-state index is 0.0574. The molecule has 8 heteroatoms. The number of nitrogens with zero attached hydrogens (tertiary/aromatic N) is 1. The van der Waals surface area contributed by atoms with Crippen molar-refractivity contribution >= 4 is 17.3 Å². The van der Waals surface area contributed by atoms with Crippen LogP contribution >= 0.6 is 0 Å². The number of halogens is 4. The zero-order chi connectivity index (χ0) is 15.6. The maximum Gasteiger partial charge on any atom is 0.230 e. The second kappa shape index (κ2) is 5.78. The highest BCUT2D eigenvalue weighted by Crippen LogP contribution is 2.24. The lowest BCUT2D eigenvalue weighted by Crippen LogP contribution is -2.18. The second-order valence-electron chi connectivity index (χ2n) is 4.15. The Morgan fingerprint density at radius 1 is 1.14 bits per heavy atom. The van der Waals surface area contributed by atoms with Gasteiger partial charge >= 0.3 is 0 Å². The number of hydrogen-bond donors (Lipinski definition) is 2. The Morgan fingerprint density at radius 2 is 1.76 bits per heavy atom. The van der Waals surface area contributed by atoms with Gasteiger partial charge in [-0.15, -0.1) is 0 Å². The van der Waals surface area contributed by atoms with E-state index in [0.29, 0.717) is 5.69 Å². The molecule has 110 valence electrons. The number of aromatic nitrogens is 1. The monoisotopic (exact) mass is 299 g/mol. The SMILES string of the molecule is Nc1ccc(CC(=O)Nc2c(F)c(F)cc(F)c2F)nc1. The summed E-state index contributed by atoms with van der Waals surface area (Å²) in [5.41, 5.74) is 4.89. The molecule has 2 aromatic rings. The van der Waals surface area contributed by atoms with Crippen LogP contribution < -0.4 is 11.1 Å². The molecule has 1 amide bonds. The summed E-state index contributed by atoms with van der Waals surface area (Å²) in [6.07, 6.45) is 0.961. The van der Waals surface area contributed by atoms with E-state index in [0.717, 1.165) is 0 Å². The van der Waals surface area contributed by atoms with Crippen molar-refractivity contribution in [1.29, 1.82) is 0 Å². The summed E-state index contributed by atoms with van der Waals surface area (Å²) < 4.78 is 52.7. The van der Waals surface area contributed by atoms with Crippen molar-refractivity contribution in [3.8, 4) is 0 Å². The van der Waals surface area contributed by atoms with Crippen LogP contribution in [-0.4, -0.2) is 10.9 Å². The van der Waals surface area contributed by atoms with Crippen LogP contribution in [0.3, 0.4) is 0 Å². The van der Waals surface area contributed by atoms with Crippen LogP contribution in [0.4, 0.5) is 28.9 Å². The largest absolute Gasteiger partial charge is 0.397 e. The van der Waals surface area contributed by atoms with Crippen LogP contribution in [0.15, 0.2) is 24.4 Å². The van der Waals surface area contributed by atoms with E-state index >= 15 is 0 Å². The number of carbonyl (C=O) groups is 1. The van der Waals surface area contributed by atoms with Crippen molar-refractivity contribution in [2.24, 2.45) is 0 Å². The van der Waals surface area contributed by atoms with Crippen LogP contribution in [-0.2, 0) is 11.2 Å². The Bertz CT molecular complexity index is 663. The third-order valence-electron chi connectivity index (χ3n) is 2.57. The zero-order valence-corrected chi connectivity index (χ0v) is 10.5. The van der Waals surface area contributed by atoms with Gasteiger partial charge in [0, 0.05) is 11.8 Å². The highest BCUT2D eigenvalue weighted by atomic mass is 19.2. The number of pyridine rings is 1. The zero-order valence-electron chi connectivity index (χ0n) is 10.5. The summed E-state index contributed by atoms with van der Waals surface area (Å²) in [6.45, 7) is 0. The van der Waals surface area contributed by atoms with Crippen LogP contribution in [0.1, 0.15) is 5.69 Å². The maximum atomic E-state index is 13.4. The Labute approximate surface area is 116 Å². The first-order valence-electron chi connectivity index (χ1n) is 5.71. The van der Waals surface area contributed by atoms with E-state index < -0.39 is 34.9 Å². The fourth-order valence-electron chi connectivity index (χ4n) is 1.57. The first-order chi connectivity index (χ1) is 9.88. The molecule has 3 N–H and O–H groups in total. The number of carbonyl (C=O) groups excluding carboxylic acids is 1. The molecule has 0 aliphatic carbocycles. The van der Waals surface area contributed by atoms with Crippen LogP contribution in [0.2, 0.25) is 0 Å². The number of nitrogens with one attached hydrogen (secondary N) is 1. The molecule has 0 aliphatic rings. The van der Waals surface area contributed by atoms with E-state index in [9.17, 15) is 22.4 Å². The van der Waals surface area contributed by atoms with Gasteiger partial charge in [0.15, 0.2) is 23.3 Å². The predicted octanol–water partition coefficient (Wildman–Crippen LogP) is 2.40. The minimum atomic E-state index is -1.67. The lowest BCUT2D eigenvalue weighted by atomic mass is 10.2. The lowest BCUT2D eigenvalue weighted by Gasteiger charge is -2.08. The molecule has 1 heterocycles. The number of amides is 1. The van der Waals surface area contributed by atoms with Gasteiger partial charge in [-0.1, -0.05) is 0 Å². The molecule has 0 atom stereocenters. The molecule has 0 aliphatic heterocycles. The first kappa shape index (κ1) is 14.8. The van der Waals surface area contributed by atoms with Gasteiger partial charge in [0.1, 0.15) is 5.69 Å². The van der Waals surface area contributed by atoms with Gasteiger partial charge in [-0.05, 0) is 12.1 Å². The van der Waals surface area contributed by atoms with Gasteiger partial charge in [0.05, 0.1) is 18.3 Å². The van der Waals surface area contributed by atoms with Crippen LogP contribution in [0.5, 0.6) is 0 Å². The molecule has 0 bridgehead atoms. The molecule has 0 unspecified atom stereocenters. The molecule has 0 fully saturated rings. The molecule has 21 heavy (non-hydrogen) atoms. The van der Waals surface area contributed by atoms with Crippen molar-refractivity contribution in [3.05, 3.63) is 53.4 Å². The standard InChI is InChI=1S/C13H9F4N3O/c14-8-4-9(15)12(17)13(11(8)16)20-10(21)3-7-2-1-6(18)5-19-7/h1-2,4-5H,3,18H2,(H,20,21). The lowest BCUT2D eigenvalue weighted by molar-refractivity contribution is -0.115. The molecule has 0 radical (unpaired) electrons. The molecule has 4 nitrogen and oxygen atoms in total. The summed E-state index contributed by atoms with van der Waals surface area (Å²) in [5.74, 6) is -7.43. The third kappa shape index (κ3) is 3.28. The van der Waals surface area contributed by atoms with Gasteiger partial charge in [-0.3, -0.25) is 9.78 Å². The minimum Gasteiger partial charge on any atom is -0.397 e. The Morgan fingerprint density at radius 3 is 2.29 bits per heavy atom. The third-order valence-corrected chi connectivity index (χ3v) is 2.57. The maximum absolute atomic E-state index is 13.4. The van der Waals surface area contributed by atoms with E-state index in [1.54, 1.807) is 5.32 Å². The summed E-state index contributed by atoms with van der Waals surface area (Å²) in [4.78, 5) is 15.5. The summed E-state index contributed by atoms with van der Waals surface area (Å²) in [5, 5.41) is 1.78. The predicted molar refractivity (Wildman–Crippen MR) is 67.3 cm³/mol. The van der Waals surface area contributed by atoms with Gasteiger partial charge in [-0.25, -0.2) is 17.6 Å². The van der Waals surface area contributed by atoms with Crippen LogP contribution in [0, 0.1) is 23.3 Å². The number of anilines is 2.